The lowest BCUT2D eigenvalue weighted by Crippen LogP contribution is -2.42. The van der Waals surface area contributed by atoms with Crippen molar-refractivity contribution >= 4 is 6.03 Å². The van der Waals surface area contributed by atoms with Gasteiger partial charge < -0.3 is 10.5 Å². The second kappa shape index (κ2) is 6.86. The summed E-state index contributed by atoms with van der Waals surface area (Å²) in [5, 5.41) is 1.16. The molecule has 116 valence electrons. The molecule has 2 rings (SSSR count). The second-order valence-corrected chi connectivity index (χ2v) is 4.55. The van der Waals surface area contributed by atoms with Gasteiger partial charge in [0.25, 0.3) is 0 Å². The number of rotatable bonds is 5. The van der Waals surface area contributed by atoms with Gasteiger partial charge in [-0.05, 0) is 29.8 Å². The van der Waals surface area contributed by atoms with Gasteiger partial charge in [0.05, 0.1) is 0 Å². The van der Waals surface area contributed by atoms with Crippen molar-refractivity contribution in [3.8, 4) is 11.5 Å². The zero-order valence-corrected chi connectivity index (χ0v) is 11.8. The number of nitrogens with one attached hydrogen (secondary N) is 1. The van der Waals surface area contributed by atoms with E-state index in [1.54, 1.807) is 24.3 Å². The van der Waals surface area contributed by atoms with Crippen LogP contribution in [0.15, 0.2) is 42.5 Å². The number of nitrogens with two attached hydrogens (primary N) is 1. The summed E-state index contributed by atoms with van der Waals surface area (Å²) < 4.78 is 31.6. The maximum Gasteiger partial charge on any atom is 0.328 e. The van der Waals surface area contributed by atoms with E-state index in [1.807, 2.05) is 0 Å². The van der Waals surface area contributed by atoms with Crippen molar-refractivity contribution in [1.29, 1.82) is 0 Å². The molecule has 0 bridgehead atoms. The van der Waals surface area contributed by atoms with Crippen LogP contribution in [0.4, 0.5) is 13.6 Å². The van der Waals surface area contributed by atoms with Gasteiger partial charge in [0.15, 0.2) is 11.6 Å². The second-order valence-electron chi connectivity index (χ2n) is 4.55. The van der Waals surface area contributed by atoms with E-state index in [0.29, 0.717) is 12.3 Å². The monoisotopic (exact) mass is 307 g/mol. The molecule has 0 aliphatic heterocycles. The number of hydrogen-bond acceptors (Lipinski definition) is 3. The highest BCUT2D eigenvalue weighted by atomic mass is 19.1. The Hall–Kier alpha value is -2.67. The molecular weight excluding hydrogens is 292 g/mol. The molecule has 2 amide bonds. The number of primary amides is 1. The van der Waals surface area contributed by atoms with Crippen LogP contribution in [0.5, 0.6) is 11.5 Å². The molecule has 0 unspecified atom stereocenters. The zero-order valence-electron chi connectivity index (χ0n) is 11.8. The Balaban J connectivity index is 1.98. The van der Waals surface area contributed by atoms with E-state index in [2.05, 4.69) is 5.43 Å². The third kappa shape index (κ3) is 4.16. The Kier molecular flexibility index (Phi) is 4.90. The van der Waals surface area contributed by atoms with Crippen molar-refractivity contribution in [2.24, 2.45) is 5.73 Å². The van der Waals surface area contributed by atoms with E-state index >= 15 is 0 Å². The number of nitrogens with zero attached hydrogens (tertiary/aromatic N) is 1. The molecule has 5 nitrogen and oxygen atoms in total. The molecule has 0 radical (unpaired) electrons. The minimum absolute atomic E-state index is 0.0549. The SMILES string of the molecule is CN(NCc1ccc(Oc2ccc(F)cc2F)cc1)C(N)=O. The summed E-state index contributed by atoms with van der Waals surface area (Å²) in [6.45, 7) is 0.393. The van der Waals surface area contributed by atoms with E-state index in [1.165, 1.54) is 13.1 Å². The van der Waals surface area contributed by atoms with E-state index in [-0.39, 0.29) is 5.75 Å². The molecule has 0 saturated carbocycles. The van der Waals surface area contributed by atoms with Gasteiger partial charge in [0, 0.05) is 19.7 Å². The largest absolute Gasteiger partial charge is 0.454 e. The fourth-order valence-electron chi connectivity index (χ4n) is 1.65. The van der Waals surface area contributed by atoms with Crippen LogP contribution in [0.1, 0.15) is 5.56 Å². The Labute approximate surface area is 126 Å². The first-order chi connectivity index (χ1) is 10.5. The summed E-state index contributed by atoms with van der Waals surface area (Å²) >= 11 is 0. The van der Waals surface area contributed by atoms with Crippen LogP contribution in [0.2, 0.25) is 0 Å². The quantitative estimate of drug-likeness (QED) is 0.835. The van der Waals surface area contributed by atoms with E-state index in [0.717, 1.165) is 22.7 Å². The van der Waals surface area contributed by atoms with Gasteiger partial charge in [-0.25, -0.2) is 19.0 Å². The smallest absolute Gasteiger partial charge is 0.328 e. The number of ether oxygens (including phenoxy) is 1. The molecule has 0 fully saturated rings. The number of hydrogen-bond donors (Lipinski definition) is 2. The van der Waals surface area contributed by atoms with Gasteiger partial charge in [-0.2, -0.15) is 0 Å². The summed E-state index contributed by atoms with van der Waals surface area (Å²) in [5.74, 6) is -1.07. The predicted octanol–water partition coefficient (Wildman–Crippen LogP) is 2.77. The number of benzene rings is 2. The lowest BCUT2D eigenvalue weighted by atomic mass is 10.2. The summed E-state index contributed by atoms with van der Waals surface area (Å²) in [5.41, 5.74) is 8.75. The van der Waals surface area contributed by atoms with Crippen LogP contribution in [0.3, 0.4) is 0 Å². The summed E-state index contributed by atoms with van der Waals surface area (Å²) in [4.78, 5) is 10.8. The topological polar surface area (TPSA) is 67.6 Å². The molecule has 2 aromatic rings. The minimum atomic E-state index is -0.770. The number of hydrazine groups is 1. The van der Waals surface area contributed by atoms with Crippen LogP contribution in [-0.2, 0) is 6.54 Å². The van der Waals surface area contributed by atoms with Crippen molar-refractivity contribution < 1.29 is 18.3 Å². The van der Waals surface area contributed by atoms with Gasteiger partial charge in [-0.15, -0.1) is 0 Å². The number of urea groups is 1. The first kappa shape index (κ1) is 15.7. The fraction of sp³-hybridized carbons (Fsp3) is 0.133. The van der Waals surface area contributed by atoms with E-state index in [9.17, 15) is 13.6 Å². The molecule has 0 saturated heterocycles. The minimum Gasteiger partial charge on any atom is -0.454 e. The third-order valence-corrected chi connectivity index (χ3v) is 2.90. The maximum atomic E-state index is 13.5. The Bertz CT molecular complexity index is 662. The highest BCUT2D eigenvalue weighted by Gasteiger charge is 2.06. The molecule has 3 N–H and O–H groups in total. The van der Waals surface area contributed by atoms with Crippen LogP contribution in [-0.4, -0.2) is 18.1 Å². The first-order valence-electron chi connectivity index (χ1n) is 6.44. The molecular formula is C15H15F2N3O2. The molecule has 0 aliphatic rings. The van der Waals surface area contributed by atoms with E-state index in [4.69, 9.17) is 10.5 Å². The lowest BCUT2D eigenvalue weighted by Gasteiger charge is -2.15. The van der Waals surface area contributed by atoms with Crippen molar-refractivity contribution in [2.75, 3.05) is 7.05 Å². The van der Waals surface area contributed by atoms with Crippen LogP contribution >= 0.6 is 0 Å². The average Bonchev–Trinajstić information content (AvgIpc) is 2.49. The Morgan fingerprint density at radius 1 is 1.23 bits per heavy atom. The fourth-order valence-corrected chi connectivity index (χ4v) is 1.65. The van der Waals surface area contributed by atoms with Gasteiger partial charge in [0.2, 0.25) is 0 Å². The molecule has 0 heterocycles. The van der Waals surface area contributed by atoms with Crippen LogP contribution in [0, 0.1) is 11.6 Å². The summed E-state index contributed by atoms with van der Waals surface area (Å²) in [7, 11) is 1.51. The number of carbonyl (C=O) groups excluding carboxylic acids is 1. The van der Waals surface area contributed by atoms with Gasteiger partial charge >= 0.3 is 6.03 Å². The van der Waals surface area contributed by atoms with Crippen LogP contribution < -0.4 is 15.9 Å². The normalized spacial score (nSPS) is 10.3. The standard InChI is InChI=1S/C15H15F2N3O2/c1-20(15(18)21)19-9-10-2-5-12(6-3-10)22-14-7-4-11(16)8-13(14)17/h2-8,19H,9H2,1H3,(H2,18,21). The highest BCUT2D eigenvalue weighted by molar-refractivity contribution is 5.70. The number of halogens is 2. The maximum absolute atomic E-state index is 13.5. The number of carbonyl (C=O) groups is 1. The third-order valence-electron chi connectivity index (χ3n) is 2.90. The lowest BCUT2D eigenvalue weighted by molar-refractivity contribution is 0.195. The molecule has 0 aromatic heterocycles. The molecule has 0 spiro atoms. The van der Waals surface area contributed by atoms with Gasteiger partial charge in [-0.1, -0.05) is 12.1 Å². The molecule has 0 atom stereocenters. The van der Waals surface area contributed by atoms with E-state index < -0.39 is 17.7 Å². The van der Waals surface area contributed by atoms with Gasteiger partial charge in [-0.3, -0.25) is 5.01 Å². The predicted molar refractivity (Wildman–Crippen MR) is 77.1 cm³/mol. The Morgan fingerprint density at radius 3 is 2.50 bits per heavy atom. The van der Waals surface area contributed by atoms with Crippen molar-refractivity contribution in [3.05, 3.63) is 59.7 Å². The molecule has 0 aliphatic carbocycles. The van der Waals surface area contributed by atoms with Crippen molar-refractivity contribution in [1.82, 2.24) is 10.4 Å². The average molecular weight is 307 g/mol. The first-order valence-corrected chi connectivity index (χ1v) is 6.44. The summed E-state index contributed by atoms with van der Waals surface area (Å²) in [6, 6.07) is 9.29. The molecule has 2 aromatic carbocycles. The number of amides is 2. The zero-order chi connectivity index (χ0) is 16.1. The molecule has 22 heavy (non-hydrogen) atoms. The van der Waals surface area contributed by atoms with Gasteiger partial charge in [0.1, 0.15) is 11.6 Å². The summed E-state index contributed by atoms with van der Waals surface area (Å²) in [6.07, 6.45) is 0. The Morgan fingerprint density at radius 2 is 1.91 bits per heavy atom. The van der Waals surface area contributed by atoms with Crippen molar-refractivity contribution in [2.45, 2.75) is 6.54 Å². The highest BCUT2D eigenvalue weighted by Crippen LogP contribution is 2.25. The molecule has 7 heteroatoms. The van der Waals surface area contributed by atoms with Crippen LogP contribution in [0.25, 0.3) is 0 Å². The van der Waals surface area contributed by atoms with Crippen molar-refractivity contribution in [3.63, 3.8) is 0 Å².